The van der Waals surface area contributed by atoms with Gasteiger partial charge >= 0.3 is 0 Å². The maximum atomic E-state index is 7.32. The zero-order valence-corrected chi connectivity index (χ0v) is 5.13. The van der Waals surface area contributed by atoms with Crippen LogP contribution in [0.5, 0.6) is 0 Å². The first-order valence-electron chi connectivity index (χ1n) is 2.37. The Bertz CT molecular complexity index is 171. The molecule has 0 fully saturated rings. The van der Waals surface area contributed by atoms with Gasteiger partial charge in [0, 0.05) is 6.92 Å². The minimum Gasteiger partial charge on any atom is -0.384 e. The summed E-state index contributed by atoms with van der Waals surface area (Å²) < 4.78 is 0. The second-order valence-electron chi connectivity index (χ2n) is 1.24. The zero-order chi connectivity index (χ0) is 7.11. The van der Waals surface area contributed by atoms with Gasteiger partial charge in [0.15, 0.2) is 0 Å². The predicted molar refractivity (Wildman–Crippen MR) is 34.3 cm³/mol. The van der Waals surface area contributed by atoms with Crippen LogP contribution in [0.1, 0.15) is 6.92 Å². The van der Waals surface area contributed by atoms with Crippen molar-refractivity contribution in [1.29, 1.82) is 5.26 Å². The largest absolute Gasteiger partial charge is 0.384 e. The van der Waals surface area contributed by atoms with Crippen LogP contribution >= 0.6 is 0 Å². The molecule has 4 nitrogen and oxygen atoms in total. The number of nitriles is 1. The van der Waals surface area contributed by atoms with Crippen molar-refractivity contribution in [2.24, 2.45) is 0 Å². The van der Waals surface area contributed by atoms with Gasteiger partial charge in [0.1, 0.15) is 5.82 Å². The minimum atomic E-state index is 0.606. The highest BCUT2D eigenvalue weighted by Crippen LogP contribution is 1.86. The molecule has 0 saturated carbocycles. The molecular weight excluding hydrogens is 116 g/mol. The monoisotopic (exact) mass is 124 g/mol. The Labute approximate surface area is 53.3 Å². The number of nitrogens with two attached hydrogens (primary N) is 1. The fourth-order valence-corrected chi connectivity index (χ4v) is 0.267. The Kier molecular flexibility index (Phi) is 3.88. The van der Waals surface area contributed by atoms with E-state index in [1.165, 1.54) is 6.92 Å². The summed E-state index contributed by atoms with van der Waals surface area (Å²) in [5.74, 6) is 0.606. The molecule has 3 N–H and O–H groups in total. The SMILES string of the molecule is CC#N.Nc1ccn[nH]1. The Morgan fingerprint density at radius 2 is 2.44 bits per heavy atom. The summed E-state index contributed by atoms with van der Waals surface area (Å²) in [6, 6.07) is 3.44. The van der Waals surface area contributed by atoms with Gasteiger partial charge in [0.2, 0.25) is 0 Å². The third-order valence-corrected chi connectivity index (χ3v) is 0.522. The minimum absolute atomic E-state index is 0.606. The van der Waals surface area contributed by atoms with Gasteiger partial charge in [-0.25, -0.2) is 0 Å². The highest BCUT2D eigenvalue weighted by Gasteiger charge is 1.74. The summed E-state index contributed by atoms with van der Waals surface area (Å²) in [4.78, 5) is 0. The molecule has 0 radical (unpaired) electrons. The number of hydrogen-bond donors (Lipinski definition) is 2. The number of aromatic nitrogens is 2. The number of nitrogen functional groups attached to an aromatic ring is 1. The van der Waals surface area contributed by atoms with Crippen molar-refractivity contribution in [2.75, 3.05) is 5.73 Å². The first-order chi connectivity index (χ1) is 4.31. The van der Waals surface area contributed by atoms with Crippen molar-refractivity contribution in [1.82, 2.24) is 10.2 Å². The van der Waals surface area contributed by atoms with E-state index in [2.05, 4.69) is 10.2 Å². The number of hydrogen-bond acceptors (Lipinski definition) is 3. The third kappa shape index (κ3) is 4.35. The average molecular weight is 124 g/mol. The van der Waals surface area contributed by atoms with Gasteiger partial charge < -0.3 is 5.73 Å². The maximum Gasteiger partial charge on any atom is 0.118 e. The number of H-pyrrole nitrogens is 1. The molecule has 48 valence electrons. The van der Waals surface area contributed by atoms with Crippen LogP contribution in [0, 0.1) is 11.3 Å². The molecule has 1 aromatic heterocycles. The van der Waals surface area contributed by atoms with Crippen molar-refractivity contribution in [3.05, 3.63) is 12.3 Å². The second-order valence-corrected chi connectivity index (χ2v) is 1.24. The van der Waals surface area contributed by atoms with Crippen LogP contribution in [0.25, 0.3) is 0 Å². The zero-order valence-electron chi connectivity index (χ0n) is 5.13. The van der Waals surface area contributed by atoms with Gasteiger partial charge in [-0.3, -0.25) is 5.10 Å². The lowest BCUT2D eigenvalue weighted by atomic mass is 10.7. The van der Waals surface area contributed by atoms with Crippen LogP contribution in [0.3, 0.4) is 0 Å². The van der Waals surface area contributed by atoms with E-state index in [1.807, 2.05) is 0 Å². The topological polar surface area (TPSA) is 78.5 Å². The molecule has 0 bridgehead atoms. The molecule has 1 rings (SSSR count). The Hall–Kier alpha value is -1.50. The number of anilines is 1. The van der Waals surface area contributed by atoms with Crippen LogP contribution in [-0.4, -0.2) is 10.2 Å². The lowest BCUT2D eigenvalue weighted by Gasteiger charge is -1.70. The van der Waals surface area contributed by atoms with Crippen LogP contribution in [-0.2, 0) is 0 Å². The van der Waals surface area contributed by atoms with E-state index in [0.717, 1.165) is 0 Å². The molecule has 0 spiro atoms. The fourth-order valence-electron chi connectivity index (χ4n) is 0.267. The number of nitrogens with zero attached hydrogens (tertiary/aromatic N) is 2. The normalized spacial score (nSPS) is 6.67. The van der Waals surface area contributed by atoms with E-state index in [-0.39, 0.29) is 0 Å². The van der Waals surface area contributed by atoms with Crippen molar-refractivity contribution in [3.8, 4) is 6.07 Å². The van der Waals surface area contributed by atoms with Gasteiger partial charge in [-0.2, -0.15) is 10.4 Å². The quantitative estimate of drug-likeness (QED) is 0.529. The van der Waals surface area contributed by atoms with Crippen LogP contribution in [0.15, 0.2) is 12.3 Å². The first-order valence-corrected chi connectivity index (χ1v) is 2.37. The molecule has 0 atom stereocenters. The van der Waals surface area contributed by atoms with Crippen molar-refractivity contribution in [3.63, 3.8) is 0 Å². The Morgan fingerprint density at radius 1 is 1.89 bits per heavy atom. The summed E-state index contributed by atoms with van der Waals surface area (Å²) in [7, 11) is 0. The smallest absolute Gasteiger partial charge is 0.118 e. The molecule has 0 aromatic carbocycles. The maximum absolute atomic E-state index is 7.32. The molecular formula is C5H8N4. The van der Waals surface area contributed by atoms with Gasteiger partial charge in [-0.15, -0.1) is 0 Å². The van der Waals surface area contributed by atoms with Crippen molar-refractivity contribution < 1.29 is 0 Å². The van der Waals surface area contributed by atoms with E-state index >= 15 is 0 Å². The molecule has 9 heavy (non-hydrogen) atoms. The molecule has 0 aliphatic carbocycles. The molecule has 0 unspecified atom stereocenters. The Morgan fingerprint density at radius 3 is 2.56 bits per heavy atom. The Balaban J connectivity index is 0.000000187. The fraction of sp³-hybridized carbons (Fsp3) is 0.200. The molecule has 1 aromatic rings. The highest BCUT2D eigenvalue weighted by atomic mass is 15.1. The average Bonchev–Trinajstić information content (AvgIpc) is 2.20. The van der Waals surface area contributed by atoms with E-state index < -0.39 is 0 Å². The summed E-state index contributed by atoms with van der Waals surface area (Å²) >= 11 is 0. The molecule has 4 heteroatoms. The lowest BCUT2D eigenvalue weighted by molar-refractivity contribution is 1.10. The summed E-state index contributed by atoms with van der Waals surface area (Å²) in [5.41, 5.74) is 5.16. The standard InChI is InChI=1S/C3H5N3.C2H3N/c4-3-1-2-5-6-3;1-2-3/h1-2H,(H3,4,5,6);1H3. The van der Waals surface area contributed by atoms with Crippen LogP contribution in [0.4, 0.5) is 5.82 Å². The van der Waals surface area contributed by atoms with Crippen molar-refractivity contribution in [2.45, 2.75) is 6.92 Å². The highest BCUT2D eigenvalue weighted by molar-refractivity contribution is 5.22. The van der Waals surface area contributed by atoms with E-state index in [9.17, 15) is 0 Å². The van der Waals surface area contributed by atoms with E-state index in [4.69, 9.17) is 11.0 Å². The van der Waals surface area contributed by atoms with E-state index in [1.54, 1.807) is 18.3 Å². The predicted octanol–water partition coefficient (Wildman–Crippen LogP) is 0.522. The van der Waals surface area contributed by atoms with Gasteiger partial charge in [0.05, 0.1) is 12.3 Å². The lowest BCUT2D eigenvalue weighted by Crippen LogP contribution is -1.81. The molecule has 1 heterocycles. The van der Waals surface area contributed by atoms with Crippen LogP contribution in [0.2, 0.25) is 0 Å². The van der Waals surface area contributed by atoms with Gasteiger partial charge in [-0.05, 0) is 6.07 Å². The summed E-state index contributed by atoms with van der Waals surface area (Å²) in [5, 5.41) is 13.4. The summed E-state index contributed by atoms with van der Waals surface area (Å²) in [6.45, 7) is 1.43. The number of rotatable bonds is 0. The first kappa shape index (κ1) is 7.50. The molecule has 0 aliphatic heterocycles. The molecule has 0 amide bonds. The number of aromatic amines is 1. The summed E-state index contributed by atoms with van der Waals surface area (Å²) in [6.07, 6.45) is 1.61. The van der Waals surface area contributed by atoms with Crippen LogP contribution < -0.4 is 5.73 Å². The van der Waals surface area contributed by atoms with Gasteiger partial charge in [-0.1, -0.05) is 0 Å². The number of nitrogens with one attached hydrogen (secondary N) is 1. The van der Waals surface area contributed by atoms with Gasteiger partial charge in [0.25, 0.3) is 0 Å². The third-order valence-electron chi connectivity index (χ3n) is 0.522. The van der Waals surface area contributed by atoms with E-state index in [0.29, 0.717) is 5.82 Å². The van der Waals surface area contributed by atoms with Crippen molar-refractivity contribution >= 4 is 5.82 Å². The molecule has 0 aliphatic rings. The molecule has 0 saturated heterocycles. The second kappa shape index (κ2) is 4.65.